The maximum absolute atomic E-state index is 6.20. The number of hydrogen-bond donors (Lipinski definition) is 1. The van der Waals surface area contributed by atoms with Crippen molar-refractivity contribution in [1.82, 2.24) is 0 Å². The average Bonchev–Trinajstić information content (AvgIpc) is 1.80. The molecule has 2 nitrogen and oxygen atoms in total. The van der Waals surface area contributed by atoms with Crippen molar-refractivity contribution in [3.63, 3.8) is 0 Å². The fraction of sp³-hybridized carbons (Fsp3) is 0.818. The predicted molar refractivity (Wildman–Crippen MR) is 65.7 cm³/mol. The molecule has 0 aliphatic rings. The summed E-state index contributed by atoms with van der Waals surface area (Å²) in [4.78, 5) is 0. The van der Waals surface area contributed by atoms with E-state index in [0.717, 1.165) is 0 Å². The molecule has 0 saturated carbocycles. The van der Waals surface area contributed by atoms with Crippen LogP contribution in [-0.2, 0) is 4.43 Å². The Morgan fingerprint density at radius 3 is 1.79 bits per heavy atom. The van der Waals surface area contributed by atoms with E-state index in [0.29, 0.717) is 0 Å². The molecule has 0 rings (SSSR count). The van der Waals surface area contributed by atoms with Crippen molar-refractivity contribution in [2.24, 2.45) is 5.73 Å². The second kappa shape index (κ2) is 4.07. The first-order valence-corrected chi connectivity index (χ1v) is 8.02. The third-order valence-corrected chi connectivity index (χ3v) is 7.47. The van der Waals surface area contributed by atoms with Crippen LogP contribution < -0.4 is 5.73 Å². The molecule has 0 spiro atoms. The lowest BCUT2D eigenvalue weighted by Crippen LogP contribution is -2.46. The van der Waals surface area contributed by atoms with Gasteiger partial charge in [-0.15, -0.1) is 0 Å². The standard InChI is InChI=1S/C11H25NOSi/c1-10(2,3)14(6,7)13-11(4,5)8-9-12/h8-9H,12H2,1-7H3/b9-8+. The lowest BCUT2D eigenvalue weighted by Gasteiger charge is -2.41. The summed E-state index contributed by atoms with van der Waals surface area (Å²) in [7, 11) is -1.68. The molecule has 3 heteroatoms. The molecule has 0 unspecified atom stereocenters. The zero-order chi connectivity index (χ0) is 11.6. The van der Waals surface area contributed by atoms with Gasteiger partial charge in [-0.1, -0.05) is 20.8 Å². The van der Waals surface area contributed by atoms with Crippen molar-refractivity contribution >= 4 is 8.32 Å². The molecule has 0 radical (unpaired) electrons. The van der Waals surface area contributed by atoms with Gasteiger partial charge in [-0.25, -0.2) is 0 Å². The highest BCUT2D eigenvalue weighted by Crippen LogP contribution is 2.39. The Bertz CT molecular complexity index is 214. The number of nitrogens with two attached hydrogens (primary N) is 1. The lowest BCUT2D eigenvalue weighted by atomic mass is 10.1. The summed E-state index contributed by atoms with van der Waals surface area (Å²) in [6.45, 7) is 15.3. The van der Waals surface area contributed by atoms with E-state index in [9.17, 15) is 0 Å². The fourth-order valence-electron chi connectivity index (χ4n) is 1.08. The molecular weight excluding hydrogens is 190 g/mol. The highest BCUT2D eigenvalue weighted by Gasteiger charge is 2.40. The summed E-state index contributed by atoms with van der Waals surface area (Å²) in [6, 6.07) is 0. The summed E-state index contributed by atoms with van der Waals surface area (Å²) >= 11 is 0. The van der Waals surface area contributed by atoms with Gasteiger partial charge in [-0.05, 0) is 44.3 Å². The van der Waals surface area contributed by atoms with Crippen LogP contribution in [0.15, 0.2) is 12.3 Å². The maximum Gasteiger partial charge on any atom is 0.193 e. The minimum absolute atomic E-state index is 0.243. The van der Waals surface area contributed by atoms with E-state index in [4.69, 9.17) is 10.2 Å². The molecule has 0 bridgehead atoms. The summed E-state index contributed by atoms with van der Waals surface area (Å²) in [5.41, 5.74) is 5.15. The van der Waals surface area contributed by atoms with E-state index in [2.05, 4.69) is 47.7 Å². The third-order valence-electron chi connectivity index (χ3n) is 2.82. The molecule has 14 heavy (non-hydrogen) atoms. The molecule has 0 fully saturated rings. The van der Waals surface area contributed by atoms with E-state index in [1.807, 2.05) is 6.08 Å². The summed E-state index contributed by atoms with van der Waals surface area (Å²) < 4.78 is 6.20. The van der Waals surface area contributed by atoms with Crippen LogP contribution in [0.5, 0.6) is 0 Å². The monoisotopic (exact) mass is 215 g/mol. The van der Waals surface area contributed by atoms with Crippen molar-refractivity contribution in [2.45, 2.75) is 58.4 Å². The van der Waals surface area contributed by atoms with E-state index < -0.39 is 8.32 Å². The van der Waals surface area contributed by atoms with Gasteiger partial charge in [-0.3, -0.25) is 0 Å². The van der Waals surface area contributed by atoms with Crippen molar-refractivity contribution in [2.75, 3.05) is 0 Å². The molecule has 0 aromatic carbocycles. The zero-order valence-corrected chi connectivity index (χ0v) is 11.6. The first-order valence-electron chi connectivity index (χ1n) is 5.11. The van der Waals surface area contributed by atoms with Gasteiger partial charge in [0.1, 0.15) is 0 Å². The quantitative estimate of drug-likeness (QED) is 0.733. The SMILES string of the molecule is CC(C)(/C=C/N)O[Si](C)(C)C(C)(C)C. The fourth-order valence-corrected chi connectivity index (χ4v) is 2.77. The molecule has 0 atom stereocenters. The molecule has 0 aliphatic heterocycles. The second-order valence-corrected chi connectivity index (χ2v) is 10.5. The Kier molecular flexibility index (Phi) is 3.99. The minimum Gasteiger partial charge on any atom is -0.408 e. The molecule has 84 valence electrons. The van der Waals surface area contributed by atoms with E-state index in [1.165, 1.54) is 0 Å². The first-order chi connectivity index (χ1) is 6.02. The van der Waals surface area contributed by atoms with Gasteiger partial charge in [0.05, 0.1) is 5.60 Å². The van der Waals surface area contributed by atoms with Gasteiger partial charge in [0.25, 0.3) is 0 Å². The van der Waals surface area contributed by atoms with Crippen molar-refractivity contribution < 1.29 is 4.43 Å². The second-order valence-electron chi connectivity index (χ2n) is 5.82. The maximum atomic E-state index is 6.20. The summed E-state index contributed by atoms with van der Waals surface area (Å²) in [5.74, 6) is 0. The average molecular weight is 215 g/mol. The Labute approximate surface area is 89.7 Å². The van der Waals surface area contributed by atoms with Crippen molar-refractivity contribution in [3.05, 3.63) is 12.3 Å². The van der Waals surface area contributed by atoms with Crippen LogP contribution in [0.4, 0.5) is 0 Å². The highest BCUT2D eigenvalue weighted by molar-refractivity contribution is 6.74. The molecule has 0 saturated heterocycles. The summed E-state index contributed by atoms with van der Waals surface area (Å²) in [6.07, 6.45) is 3.47. The van der Waals surface area contributed by atoms with E-state index in [-0.39, 0.29) is 10.6 Å². The van der Waals surface area contributed by atoms with Gasteiger partial charge >= 0.3 is 0 Å². The Morgan fingerprint density at radius 2 is 1.50 bits per heavy atom. The van der Waals surface area contributed by atoms with E-state index >= 15 is 0 Å². The number of hydrogen-bond acceptors (Lipinski definition) is 2. The molecule has 2 N–H and O–H groups in total. The smallest absolute Gasteiger partial charge is 0.193 e. The third kappa shape index (κ3) is 3.84. The normalized spacial score (nSPS) is 15.1. The first kappa shape index (κ1) is 13.7. The van der Waals surface area contributed by atoms with Crippen LogP contribution >= 0.6 is 0 Å². The molecule has 0 aliphatic carbocycles. The largest absolute Gasteiger partial charge is 0.408 e. The minimum atomic E-state index is -1.68. The van der Waals surface area contributed by atoms with Crippen LogP contribution in [0.3, 0.4) is 0 Å². The van der Waals surface area contributed by atoms with Crippen LogP contribution in [0.1, 0.15) is 34.6 Å². The van der Waals surface area contributed by atoms with Gasteiger partial charge < -0.3 is 10.2 Å². The Balaban J connectivity index is 4.67. The van der Waals surface area contributed by atoms with Gasteiger partial charge in [0, 0.05) is 0 Å². The predicted octanol–water partition coefficient (Wildman–Crippen LogP) is 3.26. The molecule has 0 heterocycles. The van der Waals surface area contributed by atoms with Crippen LogP contribution in [0, 0.1) is 0 Å². The number of rotatable bonds is 3. The van der Waals surface area contributed by atoms with Crippen LogP contribution in [-0.4, -0.2) is 13.9 Å². The molecule has 0 amide bonds. The Morgan fingerprint density at radius 1 is 1.07 bits per heavy atom. The highest BCUT2D eigenvalue weighted by atomic mass is 28.4. The zero-order valence-electron chi connectivity index (χ0n) is 10.6. The molecular formula is C11H25NOSi. The molecule has 0 aromatic heterocycles. The van der Waals surface area contributed by atoms with E-state index in [1.54, 1.807) is 6.20 Å². The van der Waals surface area contributed by atoms with Gasteiger partial charge in [-0.2, -0.15) is 0 Å². The van der Waals surface area contributed by atoms with Crippen molar-refractivity contribution in [1.29, 1.82) is 0 Å². The molecule has 0 aromatic rings. The summed E-state index contributed by atoms with van der Waals surface area (Å²) in [5, 5.41) is 0.243. The van der Waals surface area contributed by atoms with Gasteiger partial charge in [0.15, 0.2) is 8.32 Å². The van der Waals surface area contributed by atoms with Crippen LogP contribution in [0.25, 0.3) is 0 Å². The Hall–Kier alpha value is -0.283. The topological polar surface area (TPSA) is 35.2 Å². The van der Waals surface area contributed by atoms with Crippen LogP contribution in [0.2, 0.25) is 18.1 Å². The van der Waals surface area contributed by atoms with Gasteiger partial charge in [0.2, 0.25) is 0 Å². The van der Waals surface area contributed by atoms with Crippen molar-refractivity contribution in [3.8, 4) is 0 Å². The lowest BCUT2D eigenvalue weighted by molar-refractivity contribution is 0.141.